The monoisotopic (exact) mass is 657 g/mol. The first-order chi connectivity index (χ1) is 22.6. The number of ether oxygens (including phenoxy) is 1. The van der Waals surface area contributed by atoms with Crippen LogP contribution in [0.4, 0.5) is 0 Å². The Hall–Kier alpha value is -2.54. The van der Waals surface area contributed by atoms with Gasteiger partial charge in [-0.05, 0) is 123 Å². The molecule has 2 N–H and O–H groups in total. The van der Waals surface area contributed by atoms with Gasteiger partial charge in [-0.1, -0.05) is 69.7 Å². The first-order valence-corrected chi connectivity index (χ1v) is 19.1. The molecule has 0 unspecified atom stereocenters. The van der Waals surface area contributed by atoms with Gasteiger partial charge < -0.3 is 14.9 Å². The first-order valence-electron chi connectivity index (χ1n) is 18.3. The summed E-state index contributed by atoms with van der Waals surface area (Å²) in [5.41, 5.74) is 3.99. The van der Waals surface area contributed by atoms with Crippen molar-refractivity contribution in [2.45, 2.75) is 134 Å². The number of aryl methyl sites for hydroxylation is 1. The highest BCUT2D eigenvalue weighted by atomic mass is 32.1. The summed E-state index contributed by atoms with van der Waals surface area (Å²) in [7, 11) is 0. The molecule has 47 heavy (non-hydrogen) atoms. The number of carbonyl (C=O) groups is 1. The van der Waals surface area contributed by atoms with Crippen molar-refractivity contribution in [2.75, 3.05) is 0 Å². The number of rotatable bonds is 12. The van der Waals surface area contributed by atoms with E-state index in [2.05, 4.69) is 45.7 Å². The molecule has 1 aromatic carbocycles. The molecule has 0 amide bonds. The van der Waals surface area contributed by atoms with E-state index in [1.54, 1.807) is 0 Å². The second-order valence-corrected chi connectivity index (χ2v) is 16.5. The second-order valence-electron chi connectivity index (χ2n) is 15.4. The predicted octanol–water partition coefficient (Wildman–Crippen LogP) is 9.30. The Bertz CT molecular complexity index is 1470. The number of aliphatic hydroxyl groups is 2. The van der Waals surface area contributed by atoms with Crippen molar-refractivity contribution in [3.05, 3.63) is 87.4 Å². The van der Waals surface area contributed by atoms with Crippen LogP contribution in [0.3, 0.4) is 0 Å². The zero-order valence-corrected chi connectivity index (χ0v) is 29.6. The number of hydrogen-bond acceptors (Lipinski definition) is 6. The molecule has 1 aromatic heterocycles. The lowest BCUT2D eigenvalue weighted by Gasteiger charge is -2.44. The number of benzene rings is 1. The SMILES string of the molecule is C=C1C(=CC=C2CCC[C@]3(C)[C@@H]([C@H](C)CC[C@@H](OC(=O)c4ccccc4)C4(c5ncc(CCCC)s5)CC4)CC[C@@H]23)C[C@@H](O)C[C@@H]1O. The largest absolute Gasteiger partial charge is 0.458 e. The lowest BCUT2D eigenvalue weighted by Crippen LogP contribution is -2.37. The Balaban J connectivity index is 1.17. The molecular weight excluding hydrogens is 603 g/mol. The van der Waals surface area contributed by atoms with Gasteiger partial charge in [0.1, 0.15) is 11.1 Å². The number of allylic oxidation sites excluding steroid dienone is 3. The first kappa shape index (κ1) is 34.3. The molecule has 0 bridgehead atoms. The smallest absolute Gasteiger partial charge is 0.338 e. The molecule has 4 aliphatic rings. The van der Waals surface area contributed by atoms with Crippen LogP contribution in [0, 0.1) is 23.2 Å². The molecule has 0 aliphatic heterocycles. The fourth-order valence-electron chi connectivity index (χ4n) is 9.33. The van der Waals surface area contributed by atoms with Crippen molar-refractivity contribution in [1.82, 2.24) is 4.98 Å². The van der Waals surface area contributed by atoms with Gasteiger partial charge in [-0.25, -0.2) is 9.78 Å². The van der Waals surface area contributed by atoms with Gasteiger partial charge in [0.15, 0.2) is 0 Å². The molecule has 2 aromatic rings. The average Bonchev–Trinajstić information content (AvgIpc) is 3.58. The van der Waals surface area contributed by atoms with Crippen LogP contribution in [-0.2, 0) is 16.6 Å². The van der Waals surface area contributed by atoms with Crippen LogP contribution < -0.4 is 0 Å². The fourth-order valence-corrected chi connectivity index (χ4v) is 10.6. The molecule has 4 saturated carbocycles. The average molecular weight is 658 g/mol. The number of esters is 1. The van der Waals surface area contributed by atoms with Crippen molar-refractivity contribution >= 4 is 17.3 Å². The Morgan fingerprint density at radius 3 is 2.68 bits per heavy atom. The van der Waals surface area contributed by atoms with E-state index in [1.807, 2.05) is 41.7 Å². The summed E-state index contributed by atoms with van der Waals surface area (Å²) in [4.78, 5) is 19.7. The van der Waals surface area contributed by atoms with Crippen molar-refractivity contribution in [3.63, 3.8) is 0 Å². The Kier molecular flexibility index (Phi) is 10.6. The minimum absolute atomic E-state index is 0.153. The van der Waals surface area contributed by atoms with Crippen LogP contribution in [0.5, 0.6) is 0 Å². The number of aliphatic hydroxyl groups excluding tert-OH is 2. The van der Waals surface area contributed by atoms with E-state index >= 15 is 0 Å². The van der Waals surface area contributed by atoms with E-state index in [9.17, 15) is 15.0 Å². The summed E-state index contributed by atoms with van der Waals surface area (Å²) in [6.45, 7) is 11.3. The summed E-state index contributed by atoms with van der Waals surface area (Å²) in [5, 5.41) is 21.7. The standard InChI is InChI=1S/C41H55NO4S/c1-5-6-14-33-26-42-39(47-33)41(22-23-41)37(46-38(45)30-11-8-7-9-12-30)20-15-27(2)34-18-19-35-29(13-10-21-40(34,35)4)16-17-31-24-32(43)25-36(44)28(31)3/h7-9,11-12,16-17,26-27,32,34-37,43-44H,3,5-6,10,13-15,18-25H2,1-2,4H3/t27-,32-,34-,35+,36+,37-,40-/m1/s1. The van der Waals surface area contributed by atoms with Gasteiger partial charge in [-0.3, -0.25) is 0 Å². The van der Waals surface area contributed by atoms with Crippen molar-refractivity contribution in [2.24, 2.45) is 23.2 Å². The highest BCUT2D eigenvalue weighted by Crippen LogP contribution is 2.60. The molecule has 6 rings (SSSR count). The van der Waals surface area contributed by atoms with E-state index < -0.39 is 12.2 Å². The fraction of sp³-hybridized carbons (Fsp3) is 0.610. The van der Waals surface area contributed by atoms with Crippen LogP contribution >= 0.6 is 11.3 Å². The maximum Gasteiger partial charge on any atom is 0.338 e. The van der Waals surface area contributed by atoms with Crippen LogP contribution in [-0.4, -0.2) is 39.5 Å². The number of carbonyl (C=O) groups excluding carboxylic acids is 1. The summed E-state index contributed by atoms with van der Waals surface area (Å²) >= 11 is 1.84. The van der Waals surface area contributed by atoms with Crippen molar-refractivity contribution < 1.29 is 19.7 Å². The Morgan fingerprint density at radius 1 is 1.15 bits per heavy atom. The molecule has 7 atom stereocenters. The van der Waals surface area contributed by atoms with Crippen molar-refractivity contribution in [1.29, 1.82) is 0 Å². The molecule has 5 nitrogen and oxygen atoms in total. The quantitative estimate of drug-likeness (QED) is 0.223. The van der Waals surface area contributed by atoms with Crippen LogP contribution in [0.1, 0.15) is 124 Å². The molecule has 4 aliphatic carbocycles. The minimum atomic E-state index is -0.652. The van der Waals surface area contributed by atoms with Gasteiger partial charge >= 0.3 is 5.97 Å². The third-order valence-electron chi connectivity index (χ3n) is 12.3. The number of unbranched alkanes of at least 4 members (excludes halogenated alkanes) is 1. The zero-order valence-electron chi connectivity index (χ0n) is 28.8. The molecule has 1 heterocycles. The minimum Gasteiger partial charge on any atom is -0.458 e. The predicted molar refractivity (Wildman–Crippen MR) is 190 cm³/mol. The van der Waals surface area contributed by atoms with Gasteiger partial charge in [0, 0.05) is 17.5 Å². The molecule has 0 radical (unpaired) electrons. The number of aromatic nitrogens is 1. The summed E-state index contributed by atoms with van der Waals surface area (Å²) in [6, 6.07) is 9.45. The normalized spacial score (nSPS) is 31.5. The van der Waals surface area contributed by atoms with Crippen LogP contribution in [0.2, 0.25) is 0 Å². The summed E-state index contributed by atoms with van der Waals surface area (Å²) < 4.78 is 6.45. The highest BCUT2D eigenvalue weighted by Gasteiger charge is 2.56. The highest BCUT2D eigenvalue weighted by molar-refractivity contribution is 7.11. The van der Waals surface area contributed by atoms with Crippen molar-refractivity contribution in [3.8, 4) is 0 Å². The second kappa shape index (κ2) is 14.5. The van der Waals surface area contributed by atoms with E-state index in [1.165, 1.54) is 49.0 Å². The van der Waals surface area contributed by atoms with Gasteiger partial charge in [-0.2, -0.15) is 0 Å². The molecule has 0 spiro atoms. The summed E-state index contributed by atoms with van der Waals surface area (Å²) in [6.07, 6.45) is 19.5. The Morgan fingerprint density at radius 2 is 1.94 bits per heavy atom. The van der Waals surface area contributed by atoms with E-state index in [-0.39, 0.29) is 22.9 Å². The van der Waals surface area contributed by atoms with Crippen LogP contribution in [0.25, 0.3) is 0 Å². The zero-order chi connectivity index (χ0) is 33.2. The third-order valence-corrected chi connectivity index (χ3v) is 13.6. The van der Waals surface area contributed by atoms with Gasteiger partial charge in [0.05, 0.1) is 23.2 Å². The molecule has 6 heteroatoms. The number of nitrogens with zero attached hydrogens (tertiary/aromatic N) is 1. The topological polar surface area (TPSA) is 79.7 Å². The Labute approximate surface area is 286 Å². The molecule has 4 fully saturated rings. The maximum absolute atomic E-state index is 13.4. The van der Waals surface area contributed by atoms with E-state index in [0.29, 0.717) is 36.2 Å². The lowest BCUT2D eigenvalue weighted by atomic mass is 9.60. The maximum atomic E-state index is 13.4. The van der Waals surface area contributed by atoms with Gasteiger partial charge in [0.2, 0.25) is 0 Å². The van der Waals surface area contributed by atoms with E-state index in [0.717, 1.165) is 54.7 Å². The van der Waals surface area contributed by atoms with E-state index in [4.69, 9.17) is 9.72 Å². The van der Waals surface area contributed by atoms with Gasteiger partial charge in [-0.15, -0.1) is 11.3 Å². The number of thiazole rings is 1. The molecule has 254 valence electrons. The third kappa shape index (κ3) is 7.26. The van der Waals surface area contributed by atoms with Gasteiger partial charge in [0.25, 0.3) is 0 Å². The number of hydrogen-bond donors (Lipinski definition) is 2. The molecular formula is C41H55NO4S. The lowest BCUT2D eigenvalue weighted by molar-refractivity contribution is 0.0127. The van der Waals surface area contributed by atoms with Crippen LogP contribution in [0.15, 0.2) is 72.0 Å². The summed E-state index contributed by atoms with van der Waals surface area (Å²) in [5.74, 6) is 1.49. The molecule has 0 saturated heterocycles. The number of fused-ring (bicyclic) bond motifs is 1.